The topological polar surface area (TPSA) is 58.2 Å². The van der Waals surface area contributed by atoms with Crippen molar-refractivity contribution in [3.05, 3.63) is 17.5 Å². The number of rotatable bonds is 3. The molecule has 1 aliphatic rings. The lowest BCUT2D eigenvalue weighted by Crippen LogP contribution is -2.51. The van der Waals surface area contributed by atoms with Crippen molar-refractivity contribution < 1.29 is 22.7 Å². The lowest BCUT2D eigenvalue weighted by Gasteiger charge is -2.33. The average Bonchev–Trinajstić information content (AvgIpc) is 2.86. The number of carbonyl (C=O) groups excluding carboxylic acids is 1. The molecular formula is C12H16F3N3O2. The van der Waals surface area contributed by atoms with Crippen LogP contribution in [0.4, 0.5) is 13.2 Å². The van der Waals surface area contributed by atoms with Gasteiger partial charge in [0, 0.05) is 12.2 Å². The SMILES string of the molecule is CCCc1[nH]ncc1C(=O)N1CCO[C@@H](C(F)(F)F)C1. The summed E-state index contributed by atoms with van der Waals surface area (Å²) in [6, 6.07) is 0. The molecule has 2 heterocycles. The number of aromatic nitrogens is 2. The summed E-state index contributed by atoms with van der Waals surface area (Å²) >= 11 is 0. The quantitative estimate of drug-likeness (QED) is 0.923. The minimum atomic E-state index is -4.46. The second-order valence-electron chi connectivity index (χ2n) is 4.66. The number of ether oxygens (including phenoxy) is 1. The van der Waals surface area contributed by atoms with E-state index in [1.807, 2.05) is 6.92 Å². The number of aryl methyl sites for hydroxylation is 1. The van der Waals surface area contributed by atoms with Gasteiger partial charge in [0.1, 0.15) is 0 Å². The van der Waals surface area contributed by atoms with Crippen molar-refractivity contribution in [1.82, 2.24) is 15.1 Å². The molecule has 2 rings (SSSR count). The maximum Gasteiger partial charge on any atom is 0.416 e. The Hall–Kier alpha value is -1.57. The maximum absolute atomic E-state index is 12.6. The predicted molar refractivity (Wildman–Crippen MR) is 64.3 cm³/mol. The Kier molecular flexibility index (Phi) is 4.32. The molecule has 0 unspecified atom stereocenters. The highest BCUT2D eigenvalue weighted by molar-refractivity contribution is 5.95. The van der Waals surface area contributed by atoms with Gasteiger partial charge in [-0.2, -0.15) is 18.3 Å². The number of nitrogens with one attached hydrogen (secondary N) is 1. The molecule has 1 saturated heterocycles. The van der Waals surface area contributed by atoms with Crippen LogP contribution in [-0.2, 0) is 11.2 Å². The molecule has 0 aromatic carbocycles. The third-order valence-electron chi connectivity index (χ3n) is 3.17. The fourth-order valence-electron chi connectivity index (χ4n) is 2.14. The zero-order valence-electron chi connectivity index (χ0n) is 11.0. The molecule has 1 aromatic heterocycles. The van der Waals surface area contributed by atoms with Gasteiger partial charge >= 0.3 is 6.18 Å². The second kappa shape index (κ2) is 5.82. The van der Waals surface area contributed by atoms with Crippen molar-refractivity contribution in [2.45, 2.75) is 32.0 Å². The van der Waals surface area contributed by atoms with Crippen molar-refractivity contribution in [1.29, 1.82) is 0 Å². The second-order valence-corrected chi connectivity index (χ2v) is 4.66. The molecular weight excluding hydrogens is 275 g/mol. The number of morpholine rings is 1. The summed E-state index contributed by atoms with van der Waals surface area (Å²) in [5.41, 5.74) is 1.00. The molecule has 8 heteroatoms. The molecule has 0 aliphatic carbocycles. The van der Waals surface area contributed by atoms with Gasteiger partial charge in [0.05, 0.1) is 24.9 Å². The van der Waals surface area contributed by atoms with Crippen LogP contribution >= 0.6 is 0 Å². The number of aromatic amines is 1. The van der Waals surface area contributed by atoms with Crippen LogP contribution in [0.1, 0.15) is 29.4 Å². The summed E-state index contributed by atoms with van der Waals surface area (Å²) in [4.78, 5) is 13.4. The van der Waals surface area contributed by atoms with E-state index in [0.29, 0.717) is 17.7 Å². The molecule has 1 atom stereocenters. The van der Waals surface area contributed by atoms with Crippen molar-refractivity contribution in [3.8, 4) is 0 Å². The van der Waals surface area contributed by atoms with E-state index in [0.717, 1.165) is 6.42 Å². The van der Waals surface area contributed by atoms with Crippen molar-refractivity contribution in [2.24, 2.45) is 0 Å². The third-order valence-corrected chi connectivity index (χ3v) is 3.17. The molecule has 0 bridgehead atoms. The lowest BCUT2D eigenvalue weighted by atomic mass is 10.1. The normalized spacial score (nSPS) is 20.2. The number of halogens is 3. The fourth-order valence-corrected chi connectivity index (χ4v) is 2.14. The van der Waals surface area contributed by atoms with Crippen LogP contribution in [0, 0.1) is 0 Å². The van der Waals surface area contributed by atoms with Crippen LogP contribution in [-0.4, -0.2) is 53.0 Å². The molecule has 1 N–H and O–H groups in total. The smallest absolute Gasteiger partial charge is 0.365 e. The van der Waals surface area contributed by atoms with E-state index in [9.17, 15) is 18.0 Å². The molecule has 5 nitrogen and oxygen atoms in total. The molecule has 1 aromatic rings. The summed E-state index contributed by atoms with van der Waals surface area (Å²) in [5, 5.41) is 6.52. The predicted octanol–water partition coefficient (Wildman–Crippen LogP) is 1.77. The first-order chi connectivity index (χ1) is 9.43. The van der Waals surface area contributed by atoms with E-state index in [2.05, 4.69) is 14.9 Å². The summed E-state index contributed by atoms with van der Waals surface area (Å²) in [6.07, 6.45) is -3.56. The van der Waals surface area contributed by atoms with Gasteiger partial charge in [-0.3, -0.25) is 9.89 Å². The zero-order chi connectivity index (χ0) is 14.8. The average molecular weight is 291 g/mol. The molecule has 112 valence electrons. The van der Waals surface area contributed by atoms with Gasteiger partial charge < -0.3 is 9.64 Å². The summed E-state index contributed by atoms with van der Waals surface area (Å²) in [6.45, 7) is 1.52. The number of amides is 1. The first-order valence-electron chi connectivity index (χ1n) is 6.43. The summed E-state index contributed by atoms with van der Waals surface area (Å²) in [5.74, 6) is -0.431. The van der Waals surface area contributed by atoms with Crippen molar-refractivity contribution in [2.75, 3.05) is 19.7 Å². The number of hydrogen-bond acceptors (Lipinski definition) is 3. The van der Waals surface area contributed by atoms with Gasteiger partial charge in [0.15, 0.2) is 6.10 Å². The van der Waals surface area contributed by atoms with E-state index in [4.69, 9.17) is 0 Å². The van der Waals surface area contributed by atoms with Gasteiger partial charge in [-0.1, -0.05) is 13.3 Å². The summed E-state index contributed by atoms with van der Waals surface area (Å²) < 4.78 is 42.6. The van der Waals surface area contributed by atoms with Gasteiger partial charge in [-0.15, -0.1) is 0 Å². The Bertz CT molecular complexity index is 473. The van der Waals surface area contributed by atoms with Crippen LogP contribution in [0.25, 0.3) is 0 Å². The molecule has 20 heavy (non-hydrogen) atoms. The van der Waals surface area contributed by atoms with E-state index in [1.165, 1.54) is 11.1 Å². The summed E-state index contributed by atoms with van der Waals surface area (Å²) in [7, 11) is 0. The number of alkyl halides is 3. The van der Waals surface area contributed by atoms with E-state index in [-0.39, 0.29) is 13.2 Å². The Labute approximate surface area is 114 Å². The van der Waals surface area contributed by atoms with Gasteiger partial charge in [0.25, 0.3) is 5.91 Å². The standard InChI is InChI=1S/C12H16F3N3O2/c1-2-3-9-8(6-16-17-9)11(19)18-4-5-20-10(7-18)12(13,14)15/h6,10H,2-5,7H2,1H3,(H,16,17)/t10-/m1/s1. The largest absolute Gasteiger partial charge is 0.416 e. The molecule has 1 fully saturated rings. The highest BCUT2D eigenvalue weighted by atomic mass is 19.4. The maximum atomic E-state index is 12.6. The Morgan fingerprint density at radius 2 is 2.35 bits per heavy atom. The fraction of sp³-hybridized carbons (Fsp3) is 0.667. The molecule has 0 spiro atoms. The molecule has 0 radical (unpaired) electrons. The van der Waals surface area contributed by atoms with E-state index >= 15 is 0 Å². The van der Waals surface area contributed by atoms with Crippen LogP contribution in [0.2, 0.25) is 0 Å². The first-order valence-corrected chi connectivity index (χ1v) is 6.43. The number of carbonyl (C=O) groups is 1. The minimum absolute atomic E-state index is 0.114. The Morgan fingerprint density at radius 3 is 3.00 bits per heavy atom. The van der Waals surface area contributed by atoms with Gasteiger partial charge in [-0.25, -0.2) is 0 Å². The molecule has 0 saturated carbocycles. The third kappa shape index (κ3) is 3.12. The number of nitrogens with zero attached hydrogens (tertiary/aromatic N) is 2. The Balaban J connectivity index is 2.10. The van der Waals surface area contributed by atoms with Crippen LogP contribution < -0.4 is 0 Å². The van der Waals surface area contributed by atoms with Crippen molar-refractivity contribution >= 4 is 5.91 Å². The van der Waals surface area contributed by atoms with Gasteiger partial charge in [0.2, 0.25) is 0 Å². The molecule has 1 aliphatic heterocycles. The molecule has 1 amide bonds. The number of H-pyrrole nitrogens is 1. The number of hydrogen-bond donors (Lipinski definition) is 1. The highest BCUT2D eigenvalue weighted by Crippen LogP contribution is 2.26. The van der Waals surface area contributed by atoms with Crippen LogP contribution in [0.15, 0.2) is 6.20 Å². The van der Waals surface area contributed by atoms with Crippen LogP contribution in [0.5, 0.6) is 0 Å². The minimum Gasteiger partial charge on any atom is -0.365 e. The van der Waals surface area contributed by atoms with E-state index < -0.39 is 24.7 Å². The van der Waals surface area contributed by atoms with E-state index in [1.54, 1.807) is 0 Å². The highest BCUT2D eigenvalue weighted by Gasteiger charge is 2.44. The zero-order valence-corrected chi connectivity index (χ0v) is 11.0. The monoisotopic (exact) mass is 291 g/mol. The first kappa shape index (κ1) is 14.8. The lowest BCUT2D eigenvalue weighted by molar-refractivity contribution is -0.233. The van der Waals surface area contributed by atoms with Crippen LogP contribution in [0.3, 0.4) is 0 Å². The van der Waals surface area contributed by atoms with Gasteiger partial charge in [-0.05, 0) is 6.42 Å². The Morgan fingerprint density at radius 1 is 1.60 bits per heavy atom. The van der Waals surface area contributed by atoms with Crippen molar-refractivity contribution in [3.63, 3.8) is 0 Å².